The Hall–Kier alpha value is -3.38. The van der Waals surface area contributed by atoms with Crippen LogP contribution in [0.2, 0.25) is 0 Å². The van der Waals surface area contributed by atoms with Crippen molar-refractivity contribution in [3.8, 4) is 0 Å². The van der Waals surface area contributed by atoms with E-state index in [0.29, 0.717) is 12.3 Å². The fraction of sp³-hybridized carbons (Fsp3) is 0.222. The lowest BCUT2D eigenvalue weighted by molar-refractivity contribution is -0.133. The number of aromatic nitrogens is 3. The van der Waals surface area contributed by atoms with Gasteiger partial charge in [0.05, 0.1) is 22.3 Å². The van der Waals surface area contributed by atoms with Crippen LogP contribution >= 0.6 is 11.8 Å². The molecule has 0 N–H and O–H groups in total. The lowest BCUT2D eigenvalue weighted by atomic mass is 10.0. The molecule has 0 atom stereocenters. The molecule has 0 unspecified atom stereocenters. The van der Waals surface area contributed by atoms with E-state index in [2.05, 4.69) is 43.4 Å². The first kappa shape index (κ1) is 21.5. The van der Waals surface area contributed by atoms with Crippen LogP contribution in [-0.4, -0.2) is 36.5 Å². The maximum Gasteiger partial charge on any atom is 0.233 e. The number of thioether (sulfide) groups is 1. The summed E-state index contributed by atoms with van der Waals surface area (Å²) in [6, 6.07) is 26.2. The minimum Gasteiger partial charge on any atom is -0.333 e. The Morgan fingerprint density at radius 1 is 0.879 bits per heavy atom. The first-order valence-corrected chi connectivity index (χ1v) is 12.0. The van der Waals surface area contributed by atoms with Crippen molar-refractivity contribution in [1.82, 2.24) is 19.3 Å². The highest BCUT2D eigenvalue weighted by Gasteiger charge is 2.27. The summed E-state index contributed by atoms with van der Waals surface area (Å²) in [5.74, 6) is 0.390. The third-order valence-corrected chi connectivity index (χ3v) is 6.66. The van der Waals surface area contributed by atoms with Crippen LogP contribution in [0.4, 0.5) is 0 Å². The van der Waals surface area contributed by atoms with Gasteiger partial charge >= 0.3 is 0 Å². The Kier molecular flexibility index (Phi) is 5.54. The number of benzene rings is 3. The summed E-state index contributed by atoms with van der Waals surface area (Å²) >= 11 is 1.47. The fourth-order valence-electron chi connectivity index (χ4n) is 4.08. The Bertz CT molecular complexity index is 1450. The van der Waals surface area contributed by atoms with Gasteiger partial charge in [-0.1, -0.05) is 66.4 Å². The van der Waals surface area contributed by atoms with Crippen molar-refractivity contribution in [2.45, 2.75) is 38.0 Å². The second kappa shape index (κ2) is 8.52. The van der Waals surface area contributed by atoms with Crippen LogP contribution in [0.1, 0.15) is 26.3 Å². The van der Waals surface area contributed by atoms with Crippen LogP contribution in [0.15, 0.2) is 84.0 Å². The predicted molar refractivity (Wildman–Crippen MR) is 135 cm³/mol. The molecule has 3 aromatic carbocycles. The summed E-state index contributed by atoms with van der Waals surface area (Å²) in [5.41, 5.74) is 4.50. The molecule has 0 bridgehead atoms. The van der Waals surface area contributed by atoms with Gasteiger partial charge in [-0.2, -0.15) is 0 Å². The van der Waals surface area contributed by atoms with Gasteiger partial charge < -0.3 is 4.90 Å². The lowest BCUT2D eigenvalue weighted by Gasteiger charge is -2.36. The fourth-order valence-corrected chi connectivity index (χ4v) is 4.97. The van der Waals surface area contributed by atoms with Crippen molar-refractivity contribution >= 4 is 45.3 Å². The van der Waals surface area contributed by atoms with Crippen LogP contribution in [0.3, 0.4) is 0 Å². The Labute approximate surface area is 197 Å². The minimum atomic E-state index is -0.290. The van der Waals surface area contributed by atoms with Crippen molar-refractivity contribution in [2.24, 2.45) is 0 Å². The SMILES string of the molecule is CC(C)(C)N(Cc1ccccc1)C(=O)CSc1nc2ccccc2c2nc3ccccc3n12. The van der Waals surface area contributed by atoms with E-state index in [1.807, 2.05) is 65.6 Å². The maximum atomic E-state index is 13.4. The summed E-state index contributed by atoms with van der Waals surface area (Å²) in [6.07, 6.45) is 0. The van der Waals surface area contributed by atoms with Gasteiger partial charge in [-0.05, 0) is 50.6 Å². The predicted octanol–water partition coefficient (Wildman–Crippen LogP) is 5.96. The van der Waals surface area contributed by atoms with Crippen molar-refractivity contribution in [1.29, 1.82) is 0 Å². The molecule has 0 saturated heterocycles. The molecule has 0 aliphatic carbocycles. The monoisotopic (exact) mass is 454 g/mol. The number of para-hydroxylation sites is 3. The highest BCUT2D eigenvalue weighted by molar-refractivity contribution is 7.99. The maximum absolute atomic E-state index is 13.4. The largest absolute Gasteiger partial charge is 0.333 e. The second-order valence-corrected chi connectivity index (χ2v) is 10.0. The van der Waals surface area contributed by atoms with Crippen molar-refractivity contribution in [3.63, 3.8) is 0 Å². The summed E-state index contributed by atoms with van der Waals surface area (Å²) in [6.45, 7) is 6.81. The number of carbonyl (C=O) groups excluding carboxylic acids is 1. The molecule has 0 aliphatic heterocycles. The Morgan fingerprint density at radius 3 is 2.30 bits per heavy atom. The molecule has 2 aromatic heterocycles. The molecule has 0 aliphatic rings. The lowest BCUT2D eigenvalue weighted by Crippen LogP contribution is -2.45. The van der Waals surface area contributed by atoms with Crippen LogP contribution in [0.25, 0.3) is 27.6 Å². The van der Waals surface area contributed by atoms with E-state index in [4.69, 9.17) is 9.97 Å². The molecule has 5 aromatic rings. The topological polar surface area (TPSA) is 50.5 Å². The van der Waals surface area contributed by atoms with Crippen LogP contribution in [0.5, 0.6) is 0 Å². The van der Waals surface area contributed by atoms with Crippen molar-refractivity contribution in [3.05, 3.63) is 84.4 Å². The number of nitrogens with zero attached hydrogens (tertiary/aromatic N) is 4. The number of imidazole rings is 1. The quantitative estimate of drug-likeness (QED) is 0.243. The van der Waals surface area contributed by atoms with E-state index in [0.717, 1.165) is 38.3 Å². The number of amides is 1. The van der Waals surface area contributed by atoms with Gasteiger partial charge in [-0.15, -0.1) is 0 Å². The smallest absolute Gasteiger partial charge is 0.233 e. The third-order valence-electron chi connectivity index (χ3n) is 5.73. The van der Waals surface area contributed by atoms with Crippen molar-refractivity contribution < 1.29 is 4.79 Å². The summed E-state index contributed by atoms with van der Waals surface area (Å²) in [7, 11) is 0. The average molecular weight is 455 g/mol. The summed E-state index contributed by atoms with van der Waals surface area (Å²) in [5, 5.41) is 1.78. The van der Waals surface area contributed by atoms with Gasteiger partial charge in [0.1, 0.15) is 5.65 Å². The van der Waals surface area contributed by atoms with E-state index in [-0.39, 0.29) is 11.4 Å². The first-order valence-electron chi connectivity index (χ1n) is 11.0. The Balaban J connectivity index is 1.51. The number of hydrogen-bond acceptors (Lipinski definition) is 4. The molecule has 5 rings (SSSR count). The standard InChI is InChI=1S/C27H26N4OS/c1-27(2,3)30(17-19-11-5-4-6-12-19)24(32)18-33-26-29-21-14-8-7-13-20(21)25-28-22-15-9-10-16-23(22)31(25)26/h4-16H,17-18H2,1-3H3. The zero-order valence-electron chi connectivity index (χ0n) is 19.0. The highest BCUT2D eigenvalue weighted by atomic mass is 32.2. The molecule has 5 nitrogen and oxygen atoms in total. The second-order valence-electron chi connectivity index (χ2n) is 9.10. The van der Waals surface area contributed by atoms with E-state index < -0.39 is 0 Å². The van der Waals surface area contributed by atoms with E-state index in [1.54, 1.807) is 0 Å². The minimum absolute atomic E-state index is 0.0869. The van der Waals surface area contributed by atoms with Crippen LogP contribution in [0, 0.1) is 0 Å². The molecular weight excluding hydrogens is 428 g/mol. The molecular formula is C27H26N4OS. The van der Waals surface area contributed by atoms with E-state index in [9.17, 15) is 4.79 Å². The zero-order valence-corrected chi connectivity index (χ0v) is 19.8. The number of hydrogen-bond donors (Lipinski definition) is 0. The van der Waals surface area contributed by atoms with Gasteiger partial charge in [0.15, 0.2) is 5.16 Å². The zero-order chi connectivity index (χ0) is 23.0. The molecule has 2 heterocycles. The van der Waals surface area contributed by atoms with Gasteiger partial charge in [-0.3, -0.25) is 9.20 Å². The molecule has 0 saturated carbocycles. The van der Waals surface area contributed by atoms with Gasteiger partial charge in [-0.25, -0.2) is 9.97 Å². The molecule has 0 spiro atoms. The van der Waals surface area contributed by atoms with Gasteiger partial charge in [0, 0.05) is 17.5 Å². The van der Waals surface area contributed by atoms with E-state index >= 15 is 0 Å². The van der Waals surface area contributed by atoms with Crippen molar-refractivity contribution in [2.75, 3.05) is 5.75 Å². The molecule has 0 fully saturated rings. The van der Waals surface area contributed by atoms with Gasteiger partial charge in [0.25, 0.3) is 0 Å². The number of rotatable bonds is 5. The van der Waals surface area contributed by atoms with Crippen LogP contribution < -0.4 is 0 Å². The number of fused-ring (bicyclic) bond motifs is 5. The molecule has 6 heteroatoms. The molecule has 1 amide bonds. The van der Waals surface area contributed by atoms with Gasteiger partial charge in [0.2, 0.25) is 5.91 Å². The van der Waals surface area contributed by atoms with E-state index in [1.165, 1.54) is 11.8 Å². The normalized spacial score (nSPS) is 12.0. The average Bonchev–Trinajstić information content (AvgIpc) is 3.21. The third kappa shape index (κ3) is 4.18. The summed E-state index contributed by atoms with van der Waals surface area (Å²) < 4.78 is 2.08. The Morgan fingerprint density at radius 2 is 1.55 bits per heavy atom. The first-order chi connectivity index (χ1) is 15.9. The molecule has 166 valence electrons. The summed E-state index contributed by atoms with van der Waals surface area (Å²) in [4.78, 5) is 25.2. The van der Waals surface area contributed by atoms with Crippen LogP contribution in [-0.2, 0) is 11.3 Å². The number of carbonyl (C=O) groups is 1. The molecule has 33 heavy (non-hydrogen) atoms. The highest BCUT2D eigenvalue weighted by Crippen LogP contribution is 2.29. The molecule has 0 radical (unpaired) electrons.